The second-order valence-corrected chi connectivity index (χ2v) is 7.76. The fourth-order valence-corrected chi connectivity index (χ4v) is 2.90. The standard InChI is InChI=1S/C22H27NO4/c1-15(16-5-10-19-20(13-16)26-12-11-25-19)23-21(24)14-27-18-8-6-17(7-9-18)22(2,3)4/h5-10,13,15H,11-12,14H2,1-4H3,(H,23,24)/t15-/m1/s1. The van der Waals surface area contributed by atoms with Crippen LogP contribution < -0.4 is 19.5 Å². The summed E-state index contributed by atoms with van der Waals surface area (Å²) in [5.41, 5.74) is 2.28. The third-order valence-corrected chi connectivity index (χ3v) is 4.53. The molecule has 0 saturated heterocycles. The van der Waals surface area contributed by atoms with E-state index in [4.69, 9.17) is 14.2 Å². The molecule has 0 spiro atoms. The van der Waals surface area contributed by atoms with Crippen LogP contribution in [0.5, 0.6) is 17.2 Å². The van der Waals surface area contributed by atoms with Gasteiger partial charge in [0.2, 0.25) is 0 Å². The molecule has 5 nitrogen and oxygen atoms in total. The number of fused-ring (bicyclic) bond motifs is 1. The van der Waals surface area contributed by atoms with Crippen molar-refractivity contribution in [3.8, 4) is 17.2 Å². The Morgan fingerprint density at radius 2 is 1.74 bits per heavy atom. The Kier molecular flexibility index (Phi) is 5.59. The van der Waals surface area contributed by atoms with Gasteiger partial charge < -0.3 is 19.5 Å². The van der Waals surface area contributed by atoms with E-state index in [1.54, 1.807) is 0 Å². The van der Waals surface area contributed by atoms with Gasteiger partial charge in [0.05, 0.1) is 6.04 Å². The van der Waals surface area contributed by atoms with Crippen molar-refractivity contribution >= 4 is 5.91 Å². The monoisotopic (exact) mass is 369 g/mol. The summed E-state index contributed by atoms with van der Waals surface area (Å²) in [6, 6.07) is 13.4. The van der Waals surface area contributed by atoms with Crippen molar-refractivity contribution in [3.05, 3.63) is 53.6 Å². The van der Waals surface area contributed by atoms with Gasteiger partial charge in [0.1, 0.15) is 19.0 Å². The van der Waals surface area contributed by atoms with E-state index in [2.05, 4.69) is 26.1 Å². The van der Waals surface area contributed by atoms with Crippen molar-refractivity contribution < 1.29 is 19.0 Å². The molecule has 0 aromatic heterocycles. The minimum Gasteiger partial charge on any atom is -0.486 e. The van der Waals surface area contributed by atoms with E-state index in [1.165, 1.54) is 5.56 Å². The molecule has 27 heavy (non-hydrogen) atoms. The van der Waals surface area contributed by atoms with Crippen LogP contribution in [-0.4, -0.2) is 25.7 Å². The quantitative estimate of drug-likeness (QED) is 0.865. The van der Waals surface area contributed by atoms with E-state index in [0.29, 0.717) is 19.0 Å². The van der Waals surface area contributed by atoms with Crippen molar-refractivity contribution in [3.63, 3.8) is 0 Å². The minimum absolute atomic E-state index is 0.0241. The average molecular weight is 369 g/mol. The molecule has 1 N–H and O–H groups in total. The second-order valence-electron chi connectivity index (χ2n) is 7.76. The zero-order valence-electron chi connectivity index (χ0n) is 16.4. The van der Waals surface area contributed by atoms with E-state index >= 15 is 0 Å². The lowest BCUT2D eigenvalue weighted by Gasteiger charge is -2.21. The molecule has 2 aromatic carbocycles. The lowest BCUT2D eigenvalue weighted by molar-refractivity contribution is -0.123. The van der Waals surface area contributed by atoms with Crippen LogP contribution in [0.25, 0.3) is 0 Å². The van der Waals surface area contributed by atoms with Crippen molar-refractivity contribution in [2.45, 2.75) is 39.2 Å². The van der Waals surface area contributed by atoms with Gasteiger partial charge in [-0.05, 0) is 47.7 Å². The third-order valence-electron chi connectivity index (χ3n) is 4.53. The summed E-state index contributed by atoms with van der Waals surface area (Å²) in [6.07, 6.45) is 0. The number of benzene rings is 2. The molecular formula is C22H27NO4. The van der Waals surface area contributed by atoms with Crippen molar-refractivity contribution in [2.24, 2.45) is 0 Å². The Morgan fingerprint density at radius 1 is 1.07 bits per heavy atom. The highest BCUT2D eigenvalue weighted by molar-refractivity contribution is 5.78. The third kappa shape index (κ3) is 4.94. The van der Waals surface area contributed by atoms with Crippen LogP contribution >= 0.6 is 0 Å². The molecule has 1 atom stereocenters. The van der Waals surface area contributed by atoms with Gasteiger partial charge in [0, 0.05) is 0 Å². The molecule has 0 fully saturated rings. The zero-order chi connectivity index (χ0) is 19.4. The topological polar surface area (TPSA) is 56.8 Å². The highest BCUT2D eigenvalue weighted by Gasteiger charge is 2.16. The maximum absolute atomic E-state index is 12.2. The summed E-state index contributed by atoms with van der Waals surface area (Å²) < 4.78 is 16.7. The maximum Gasteiger partial charge on any atom is 0.258 e. The minimum atomic E-state index is -0.169. The van der Waals surface area contributed by atoms with Gasteiger partial charge in [0.25, 0.3) is 5.91 Å². The molecule has 1 aliphatic rings. The number of carbonyl (C=O) groups excluding carboxylic acids is 1. The molecule has 0 radical (unpaired) electrons. The summed E-state index contributed by atoms with van der Waals surface area (Å²) in [7, 11) is 0. The van der Waals surface area contributed by atoms with E-state index in [9.17, 15) is 4.79 Å². The number of carbonyl (C=O) groups is 1. The van der Waals surface area contributed by atoms with E-state index in [1.807, 2.05) is 49.4 Å². The lowest BCUT2D eigenvalue weighted by atomic mass is 9.87. The van der Waals surface area contributed by atoms with Crippen LogP contribution in [0.2, 0.25) is 0 Å². The largest absolute Gasteiger partial charge is 0.486 e. The molecular weight excluding hydrogens is 342 g/mol. The van der Waals surface area contributed by atoms with Crippen LogP contribution in [0.15, 0.2) is 42.5 Å². The van der Waals surface area contributed by atoms with Crippen LogP contribution in [-0.2, 0) is 10.2 Å². The van der Waals surface area contributed by atoms with Gasteiger partial charge in [-0.3, -0.25) is 4.79 Å². The smallest absolute Gasteiger partial charge is 0.258 e. The SMILES string of the molecule is C[C@@H](NC(=O)COc1ccc(C(C)(C)C)cc1)c1ccc2c(c1)OCCO2. The molecule has 0 unspecified atom stereocenters. The first-order chi connectivity index (χ1) is 12.8. The van der Waals surface area contributed by atoms with Gasteiger partial charge in [-0.1, -0.05) is 39.0 Å². The first kappa shape index (κ1) is 19.1. The first-order valence-electron chi connectivity index (χ1n) is 9.25. The highest BCUT2D eigenvalue weighted by Crippen LogP contribution is 2.32. The van der Waals surface area contributed by atoms with Gasteiger partial charge in [-0.25, -0.2) is 0 Å². The molecule has 0 bridgehead atoms. The Hall–Kier alpha value is -2.69. The fraction of sp³-hybridized carbons (Fsp3) is 0.409. The highest BCUT2D eigenvalue weighted by atomic mass is 16.6. The van der Waals surface area contributed by atoms with E-state index in [-0.39, 0.29) is 24.0 Å². The van der Waals surface area contributed by atoms with Crippen molar-refractivity contribution in [1.29, 1.82) is 0 Å². The normalized spacial score (nSPS) is 14.4. The molecule has 5 heteroatoms. The van der Waals surface area contributed by atoms with Gasteiger partial charge in [0.15, 0.2) is 18.1 Å². The fourth-order valence-electron chi connectivity index (χ4n) is 2.90. The van der Waals surface area contributed by atoms with Crippen LogP contribution in [0, 0.1) is 0 Å². The molecule has 1 heterocycles. The summed E-state index contributed by atoms with van der Waals surface area (Å²) in [4.78, 5) is 12.2. The Balaban J connectivity index is 1.53. The molecule has 0 aliphatic carbocycles. The van der Waals surface area contributed by atoms with Crippen molar-refractivity contribution in [1.82, 2.24) is 5.32 Å². The van der Waals surface area contributed by atoms with Crippen LogP contribution in [0.1, 0.15) is 44.9 Å². The summed E-state index contributed by atoms with van der Waals surface area (Å²) in [5.74, 6) is 1.98. The predicted molar refractivity (Wildman–Crippen MR) is 105 cm³/mol. The lowest BCUT2D eigenvalue weighted by Crippen LogP contribution is -2.31. The Morgan fingerprint density at radius 3 is 2.41 bits per heavy atom. The number of hydrogen-bond donors (Lipinski definition) is 1. The Bertz CT molecular complexity index is 793. The average Bonchev–Trinajstić information content (AvgIpc) is 2.65. The molecule has 144 valence electrons. The van der Waals surface area contributed by atoms with E-state index in [0.717, 1.165) is 17.1 Å². The number of hydrogen-bond acceptors (Lipinski definition) is 4. The van der Waals surface area contributed by atoms with Gasteiger partial charge in [-0.2, -0.15) is 0 Å². The summed E-state index contributed by atoms with van der Waals surface area (Å²) in [6.45, 7) is 9.50. The number of amides is 1. The summed E-state index contributed by atoms with van der Waals surface area (Å²) >= 11 is 0. The molecule has 2 aromatic rings. The van der Waals surface area contributed by atoms with Crippen LogP contribution in [0.4, 0.5) is 0 Å². The maximum atomic E-state index is 12.2. The Labute approximate surface area is 160 Å². The zero-order valence-corrected chi connectivity index (χ0v) is 16.4. The van der Waals surface area contributed by atoms with Crippen LogP contribution in [0.3, 0.4) is 0 Å². The molecule has 1 amide bonds. The number of ether oxygens (including phenoxy) is 3. The molecule has 3 rings (SSSR count). The predicted octanol–water partition coefficient (Wildman–Crippen LogP) is 4.01. The number of rotatable bonds is 5. The summed E-state index contributed by atoms with van der Waals surface area (Å²) in [5, 5.41) is 2.95. The van der Waals surface area contributed by atoms with Gasteiger partial charge in [-0.15, -0.1) is 0 Å². The van der Waals surface area contributed by atoms with Gasteiger partial charge >= 0.3 is 0 Å². The first-order valence-corrected chi connectivity index (χ1v) is 9.25. The molecule has 1 aliphatic heterocycles. The van der Waals surface area contributed by atoms with E-state index < -0.39 is 0 Å². The second kappa shape index (κ2) is 7.91. The number of nitrogens with one attached hydrogen (secondary N) is 1. The molecule has 0 saturated carbocycles. The van der Waals surface area contributed by atoms with Crippen molar-refractivity contribution in [2.75, 3.05) is 19.8 Å².